The largest absolute Gasteiger partial charge is 0.399 e. The molecular weight excluding hydrogens is 302 g/mol. The third-order valence-corrected chi connectivity index (χ3v) is 4.44. The molecule has 1 fully saturated rings. The van der Waals surface area contributed by atoms with Crippen LogP contribution in [0.2, 0.25) is 0 Å². The SMILES string of the molecule is N#Cc1cnc(NC2=CC(NCC3CCCCC3)=C(N)CN2)cn1. The van der Waals surface area contributed by atoms with Gasteiger partial charge in [0.25, 0.3) is 0 Å². The molecule has 7 nitrogen and oxygen atoms in total. The molecule has 0 bridgehead atoms. The molecule has 0 unspecified atom stereocenters. The Morgan fingerprint density at radius 2 is 2.08 bits per heavy atom. The van der Waals surface area contributed by atoms with Crippen LogP contribution in [0.25, 0.3) is 0 Å². The van der Waals surface area contributed by atoms with Gasteiger partial charge >= 0.3 is 0 Å². The van der Waals surface area contributed by atoms with Crippen LogP contribution in [-0.2, 0) is 0 Å². The van der Waals surface area contributed by atoms with Crippen molar-refractivity contribution in [2.45, 2.75) is 32.1 Å². The van der Waals surface area contributed by atoms with E-state index in [0.29, 0.717) is 18.1 Å². The summed E-state index contributed by atoms with van der Waals surface area (Å²) in [5, 5.41) is 18.6. The van der Waals surface area contributed by atoms with Gasteiger partial charge in [0.1, 0.15) is 17.7 Å². The first-order valence-electron chi connectivity index (χ1n) is 8.42. The topological polar surface area (TPSA) is 112 Å². The number of hydrogen-bond donors (Lipinski definition) is 4. The van der Waals surface area contributed by atoms with Crippen LogP contribution in [0, 0.1) is 17.2 Å². The fourth-order valence-corrected chi connectivity index (χ4v) is 3.05. The van der Waals surface area contributed by atoms with E-state index in [1.165, 1.54) is 44.5 Å². The molecule has 1 aromatic rings. The van der Waals surface area contributed by atoms with Gasteiger partial charge in [-0.2, -0.15) is 5.26 Å². The molecule has 2 aliphatic rings. The summed E-state index contributed by atoms with van der Waals surface area (Å²) < 4.78 is 0. The van der Waals surface area contributed by atoms with Crippen LogP contribution in [0.15, 0.2) is 35.7 Å². The zero-order valence-corrected chi connectivity index (χ0v) is 13.7. The molecule has 2 heterocycles. The summed E-state index contributed by atoms with van der Waals surface area (Å²) in [6.07, 6.45) is 11.6. The standard InChI is InChI=1S/C17H23N7/c18-7-13-9-22-17(11-20-13)24-16-6-15(14(19)10-23-16)21-8-12-4-2-1-3-5-12/h6,9,11-12,21,23H,1-5,8,10,19H2,(H,22,24). The molecule has 0 radical (unpaired) electrons. The van der Waals surface area contributed by atoms with E-state index in [2.05, 4.69) is 25.9 Å². The molecule has 1 aromatic heterocycles. The molecule has 0 atom stereocenters. The Balaban J connectivity index is 1.60. The van der Waals surface area contributed by atoms with Crippen molar-refractivity contribution >= 4 is 5.82 Å². The summed E-state index contributed by atoms with van der Waals surface area (Å²) >= 11 is 0. The van der Waals surface area contributed by atoms with Crippen LogP contribution in [0.3, 0.4) is 0 Å². The van der Waals surface area contributed by atoms with Crippen LogP contribution in [0.1, 0.15) is 37.8 Å². The summed E-state index contributed by atoms with van der Waals surface area (Å²) in [7, 11) is 0. The molecule has 1 saturated carbocycles. The molecule has 126 valence electrons. The third-order valence-electron chi connectivity index (χ3n) is 4.44. The van der Waals surface area contributed by atoms with Crippen molar-refractivity contribution in [1.82, 2.24) is 20.6 Å². The number of allylic oxidation sites excluding steroid dienone is 1. The predicted octanol–water partition coefficient (Wildman–Crippen LogP) is 1.54. The molecule has 0 saturated heterocycles. The van der Waals surface area contributed by atoms with Crippen molar-refractivity contribution in [2.24, 2.45) is 11.7 Å². The Labute approximate surface area is 142 Å². The fourth-order valence-electron chi connectivity index (χ4n) is 3.05. The highest BCUT2D eigenvalue weighted by Gasteiger charge is 2.16. The average Bonchev–Trinajstić information content (AvgIpc) is 2.63. The van der Waals surface area contributed by atoms with Gasteiger partial charge in [0.05, 0.1) is 30.3 Å². The zero-order chi connectivity index (χ0) is 16.8. The lowest BCUT2D eigenvalue weighted by Crippen LogP contribution is -2.34. The number of hydrogen-bond acceptors (Lipinski definition) is 7. The maximum atomic E-state index is 8.76. The van der Waals surface area contributed by atoms with E-state index < -0.39 is 0 Å². The molecule has 3 rings (SSSR count). The third kappa shape index (κ3) is 4.16. The second-order valence-corrected chi connectivity index (χ2v) is 6.26. The number of aromatic nitrogens is 2. The van der Waals surface area contributed by atoms with E-state index in [9.17, 15) is 0 Å². The predicted molar refractivity (Wildman–Crippen MR) is 92.2 cm³/mol. The van der Waals surface area contributed by atoms with Gasteiger partial charge in [-0.25, -0.2) is 9.97 Å². The lowest BCUT2D eigenvalue weighted by molar-refractivity contribution is 0.351. The van der Waals surface area contributed by atoms with E-state index in [0.717, 1.165) is 29.7 Å². The number of anilines is 1. The normalized spacial score (nSPS) is 18.4. The Morgan fingerprint density at radius 1 is 1.25 bits per heavy atom. The summed E-state index contributed by atoms with van der Waals surface area (Å²) in [6, 6.07) is 1.95. The van der Waals surface area contributed by atoms with Gasteiger partial charge in [-0.1, -0.05) is 19.3 Å². The molecule has 5 N–H and O–H groups in total. The molecule has 1 aliphatic carbocycles. The Kier molecular flexibility index (Phi) is 5.16. The van der Waals surface area contributed by atoms with E-state index in [4.69, 9.17) is 11.0 Å². The minimum absolute atomic E-state index is 0.296. The van der Waals surface area contributed by atoms with Gasteiger partial charge in [-0.05, 0) is 18.8 Å². The number of nitrogens with zero attached hydrogens (tertiary/aromatic N) is 3. The summed E-state index contributed by atoms with van der Waals surface area (Å²) in [5.74, 6) is 2.14. The molecule has 0 amide bonds. The lowest BCUT2D eigenvalue weighted by atomic mass is 9.89. The first-order valence-corrected chi connectivity index (χ1v) is 8.42. The number of nitrogens with two attached hydrogens (primary N) is 1. The highest BCUT2D eigenvalue weighted by molar-refractivity contribution is 5.44. The van der Waals surface area contributed by atoms with Crippen LogP contribution in [-0.4, -0.2) is 23.1 Å². The van der Waals surface area contributed by atoms with Crippen molar-refractivity contribution in [2.75, 3.05) is 18.4 Å². The van der Waals surface area contributed by atoms with Crippen molar-refractivity contribution in [3.05, 3.63) is 41.4 Å². The summed E-state index contributed by atoms with van der Waals surface area (Å²) in [5.41, 5.74) is 8.17. The van der Waals surface area contributed by atoms with E-state index in [1.54, 1.807) is 0 Å². The second kappa shape index (κ2) is 7.68. The summed E-state index contributed by atoms with van der Waals surface area (Å²) in [4.78, 5) is 8.16. The lowest BCUT2D eigenvalue weighted by Gasteiger charge is -2.25. The summed E-state index contributed by atoms with van der Waals surface area (Å²) in [6.45, 7) is 1.55. The van der Waals surface area contributed by atoms with Crippen LogP contribution < -0.4 is 21.7 Å². The van der Waals surface area contributed by atoms with Crippen LogP contribution in [0.4, 0.5) is 5.82 Å². The van der Waals surface area contributed by atoms with Gasteiger partial charge in [0.2, 0.25) is 0 Å². The van der Waals surface area contributed by atoms with Crippen LogP contribution >= 0.6 is 0 Å². The smallest absolute Gasteiger partial charge is 0.158 e. The average molecular weight is 325 g/mol. The highest BCUT2D eigenvalue weighted by Crippen LogP contribution is 2.23. The number of nitriles is 1. The fraction of sp³-hybridized carbons (Fsp3) is 0.471. The first-order chi connectivity index (χ1) is 11.7. The number of rotatable bonds is 5. The van der Waals surface area contributed by atoms with Crippen LogP contribution in [0.5, 0.6) is 0 Å². The molecule has 24 heavy (non-hydrogen) atoms. The second-order valence-electron chi connectivity index (χ2n) is 6.26. The minimum atomic E-state index is 0.296. The van der Waals surface area contributed by atoms with E-state index in [1.807, 2.05) is 12.1 Å². The van der Waals surface area contributed by atoms with E-state index in [-0.39, 0.29) is 0 Å². The molecular formula is C17H23N7. The zero-order valence-electron chi connectivity index (χ0n) is 13.7. The van der Waals surface area contributed by atoms with E-state index >= 15 is 0 Å². The Morgan fingerprint density at radius 3 is 2.79 bits per heavy atom. The maximum absolute atomic E-state index is 8.76. The first kappa shape index (κ1) is 16.1. The van der Waals surface area contributed by atoms with Gasteiger partial charge < -0.3 is 21.7 Å². The Bertz CT molecular complexity index is 663. The van der Waals surface area contributed by atoms with Gasteiger partial charge in [0.15, 0.2) is 5.69 Å². The monoisotopic (exact) mass is 325 g/mol. The maximum Gasteiger partial charge on any atom is 0.158 e. The minimum Gasteiger partial charge on any atom is -0.399 e. The molecule has 7 heteroatoms. The van der Waals surface area contributed by atoms with Gasteiger partial charge in [-0.15, -0.1) is 0 Å². The number of dihydropyridines is 1. The molecule has 1 aliphatic heterocycles. The highest BCUT2D eigenvalue weighted by atomic mass is 15.1. The van der Waals surface area contributed by atoms with Crippen molar-refractivity contribution in [1.29, 1.82) is 5.26 Å². The van der Waals surface area contributed by atoms with Gasteiger partial charge in [-0.3, -0.25) is 0 Å². The molecule has 0 aromatic carbocycles. The van der Waals surface area contributed by atoms with Gasteiger partial charge in [0, 0.05) is 12.6 Å². The molecule has 0 spiro atoms. The quantitative estimate of drug-likeness (QED) is 0.650. The van der Waals surface area contributed by atoms with Crippen molar-refractivity contribution in [3.63, 3.8) is 0 Å². The Hall–Kier alpha value is -2.75. The van der Waals surface area contributed by atoms with Crippen molar-refractivity contribution in [3.8, 4) is 6.07 Å². The number of nitrogens with one attached hydrogen (secondary N) is 3. The van der Waals surface area contributed by atoms with Crippen molar-refractivity contribution < 1.29 is 0 Å².